The summed E-state index contributed by atoms with van der Waals surface area (Å²) in [5, 5.41) is 15.5. The summed E-state index contributed by atoms with van der Waals surface area (Å²) in [6, 6.07) is 6.93. The van der Waals surface area contributed by atoms with Gasteiger partial charge < -0.3 is 20.2 Å². The standard InChI is InChI=1S/C40H49F5N8O5S/c1-24-32(47-38-46-21-30(40(43,44)45)36(49-38)53-15-3-14-39(2,56)23-53)11-12-33(35(24)42)59(57,58)50-26-6-4-25(5-7-26)22-51-16-18-52(19-17-51)27-8-9-28(31(41)20-27)29-10-13-34(54)48-37(29)55/h8-9,11-12,20-21,25-26,29,50,56H,3-7,10,13-19,22-23H2,1-2H3,(H,46,47,49)(H,48,54,55)/t25?,26?,29?,39-/m0/s1. The second kappa shape index (κ2) is 16.9. The number of alkyl halides is 3. The first-order valence-corrected chi connectivity index (χ1v) is 21.5. The highest BCUT2D eigenvalue weighted by atomic mass is 32.2. The molecule has 19 heteroatoms. The summed E-state index contributed by atoms with van der Waals surface area (Å²) in [7, 11) is -4.27. The number of hydrogen-bond acceptors (Lipinski definition) is 11. The summed E-state index contributed by atoms with van der Waals surface area (Å²) in [4.78, 5) is 36.9. The molecule has 4 aliphatic rings. The van der Waals surface area contributed by atoms with Crippen LogP contribution in [0.1, 0.15) is 80.9 Å². The molecule has 0 bridgehead atoms. The first kappa shape index (κ1) is 42.7. The molecule has 3 aliphatic heterocycles. The zero-order chi connectivity index (χ0) is 42.3. The highest BCUT2D eigenvalue weighted by Crippen LogP contribution is 2.38. The van der Waals surface area contributed by atoms with Crippen LogP contribution in [0.25, 0.3) is 0 Å². The molecule has 13 nitrogen and oxygen atoms in total. The number of carbonyl (C=O) groups excluding carboxylic acids is 2. The number of anilines is 4. The Morgan fingerprint density at radius 1 is 0.983 bits per heavy atom. The number of β-amino-alcohol motifs (C(OH)–C–C–N with tert-alkyl or cyclic N) is 1. The summed E-state index contributed by atoms with van der Waals surface area (Å²) in [5.41, 5.74) is -1.27. The number of hydrogen-bond donors (Lipinski definition) is 4. The van der Waals surface area contributed by atoms with Crippen molar-refractivity contribution in [2.45, 2.75) is 93.8 Å². The van der Waals surface area contributed by atoms with Crippen molar-refractivity contribution in [3.05, 3.63) is 64.9 Å². The van der Waals surface area contributed by atoms with Gasteiger partial charge in [-0.25, -0.2) is 26.9 Å². The molecule has 0 spiro atoms. The van der Waals surface area contributed by atoms with Gasteiger partial charge in [0.1, 0.15) is 27.9 Å². The quantitative estimate of drug-likeness (QED) is 0.154. The number of carbonyl (C=O) groups is 2. The number of piperidine rings is 2. The number of piperazine rings is 1. The van der Waals surface area contributed by atoms with E-state index in [-0.39, 0.29) is 54.6 Å². The van der Waals surface area contributed by atoms with Gasteiger partial charge in [-0.2, -0.15) is 18.2 Å². The Bertz CT molecular complexity index is 2180. The lowest BCUT2D eigenvalue weighted by atomic mass is 9.86. The fraction of sp³-hybridized carbons (Fsp3) is 0.550. The fourth-order valence-corrected chi connectivity index (χ4v) is 10.1. The fourth-order valence-electron chi connectivity index (χ4n) is 8.68. The molecule has 3 aromatic rings. The third-order valence-corrected chi connectivity index (χ3v) is 13.5. The Morgan fingerprint density at radius 3 is 2.37 bits per heavy atom. The molecule has 3 saturated heterocycles. The van der Waals surface area contributed by atoms with Gasteiger partial charge in [-0.3, -0.25) is 19.8 Å². The molecule has 2 aromatic carbocycles. The number of aromatic nitrogens is 2. The normalized spacial score (nSPS) is 24.9. The third-order valence-electron chi connectivity index (χ3n) is 12.0. The smallest absolute Gasteiger partial charge is 0.388 e. The second-order valence-electron chi connectivity index (χ2n) is 16.5. The number of aliphatic hydroxyl groups is 1. The molecule has 1 unspecified atom stereocenters. The van der Waals surface area contributed by atoms with Gasteiger partial charge >= 0.3 is 6.18 Å². The van der Waals surface area contributed by atoms with Crippen LogP contribution in [0.2, 0.25) is 0 Å². The number of rotatable bonds is 10. The molecule has 7 rings (SSSR count). The van der Waals surface area contributed by atoms with Gasteiger partial charge in [0.15, 0.2) is 0 Å². The maximum absolute atomic E-state index is 15.8. The lowest BCUT2D eigenvalue weighted by molar-refractivity contribution is -0.138. The van der Waals surface area contributed by atoms with Gasteiger partial charge in [0.2, 0.25) is 27.8 Å². The Hall–Kier alpha value is -4.46. The van der Waals surface area contributed by atoms with E-state index in [0.717, 1.165) is 44.2 Å². The Balaban J connectivity index is 0.909. The van der Waals surface area contributed by atoms with E-state index in [1.165, 1.54) is 24.0 Å². The van der Waals surface area contributed by atoms with Crippen molar-refractivity contribution >= 4 is 45.0 Å². The lowest BCUT2D eigenvalue weighted by Gasteiger charge is -2.39. The van der Waals surface area contributed by atoms with Crippen LogP contribution in [0.4, 0.5) is 45.1 Å². The number of nitrogens with one attached hydrogen (secondary N) is 3. The van der Waals surface area contributed by atoms with Crippen molar-refractivity contribution in [1.82, 2.24) is 24.9 Å². The topological polar surface area (TPSA) is 160 Å². The van der Waals surface area contributed by atoms with Gasteiger partial charge in [-0.1, -0.05) is 6.07 Å². The van der Waals surface area contributed by atoms with E-state index in [4.69, 9.17) is 0 Å². The van der Waals surface area contributed by atoms with Crippen LogP contribution in [0.3, 0.4) is 0 Å². The van der Waals surface area contributed by atoms with Gasteiger partial charge in [0, 0.05) is 87.0 Å². The van der Waals surface area contributed by atoms with Crippen LogP contribution in [-0.4, -0.2) is 97.7 Å². The average molecular weight is 849 g/mol. The monoisotopic (exact) mass is 848 g/mol. The molecule has 2 amide bonds. The summed E-state index contributed by atoms with van der Waals surface area (Å²) in [6.07, 6.45) is -0.110. The summed E-state index contributed by atoms with van der Waals surface area (Å²) >= 11 is 0. The summed E-state index contributed by atoms with van der Waals surface area (Å²) in [6.45, 7) is 6.80. The summed E-state index contributed by atoms with van der Waals surface area (Å²) < 4.78 is 102. The van der Waals surface area contributed by atoms with Gasteiger partial charge in [0.05, 0.1) is 11.5 Å². The van der Waals surface area contributed by atoms with Crippen LogP contribution >= 0.6 is 0 Å². The first-order chi connectivity index (χ1) is 27.9. The molecule has 320 valence electrons. The first-order valence-electron chi connectivity index (χ1n) is 20.0. The number of benzene rings is 2. The third kappa shape index (κ3) is 9.79. The van der Waals surface area contributed by atoms with Crippen LogP contribution in [-0.2, 0) is 25.8 Å². The van der Waals surface area contributed by atoms with Crippen molar-refractivity contribution in [3.63, 3.8) is 0 Å². The molecule has 4 fully saturated rings. The molecule has 2 atom stereocenters. The predicted molar refractivity (Wildman–Crippen MR) is 210 cm³/mol. The van der Waals surface area contributed by atoms with E-state index in [0.29, 0.717) is 50.9 Å². The molecule has 59 heavy (non-hydrogen) atoms. The van der Waals surface area contributed by atoms with Crippen LogP contribution in [0.5, 0.6) is 0 Å². The van der Waals surface area contributed by atoms with E-state index in [9.17, 15) is 36.3 Å². The Morgan fingerprint density at radius 2 is 1.71 bits per heavy atom. The number of nitrogens with zero attached hydrogens (tertiary/aromatic N) is 5. The zero-order valence-corrected chi connectivity index (χ0v) is 33.7. The minimum Gasteiger partial charge on any atom is -0.388 e. The van der Waals surface area contributed by atoms with Crippen molar-refractivity contribution in [1.29, 1.82) is 0 Å². The van der Waals surface area contributed by atoms with Crippen molar-refractivity contribution < 1.29 is 45.1 Å². The SMILES string of the molecule is Cc1c(Nc2ncc(C(F)(F)F)c(N3CCC[C@](C)(O)C3)n2)ccc(S(=O)(=O)NC2CCC(CN3CCN(c4ccc(C5CCC(=O)NC5=O)c(F)c4)CC3)CC2)c1F. The van der Waals surface area contributed by atoms with E-state index in [1.807, 2.05) is 6.07 Å². The van der Waals surface area contributed by atoms with Gasteiger partial charge in [0.25, 0.3) is 0 Å². The minimum atomic E-state index is -4.76. The molecule has 4 N–H and O–H groups in total. The summed E-state index contributed by atoms with van der Waals surface area (Å²) in [5.74, 6) is -3.31. The van der Waals surface area contributed by atoms with Crippen molar-refractivity contribution in [2.24, 2.45) is 5.92 Å². The van der Waals surface area contributed by atoms with Crippen molar-refractivity contribution in [2.75, 3.05) is 60.9 Å². The maximum Gasteiger partial charge on any atom is 0.421 e. The number of halogens is 5. The Labute approximate surface area is 339 Å². The van der Waals surface area contributed by atoms with Crippen LogP contribution in [0.15, 0.2) is 41.4 Å². The molecule has 1 saturated carbocycles. The molecular weight excluding hydrogens is 800 g/mol. The van der Waals surface area contributed by atoms with E-state index in [1.54, 1.807) is 13.0 Å². The van der Waals surface area contributed by atoms with E-state index >= 15 is 8.78 Å². The molecule has 4 heterocycles. The highest BCUT2D eigenvalue weighted by molar-refractivity contribution is 7.89. The molecule has 1 aliphatic carbocycles. The van der Waals surface area contributed by atoms with Crippen LogP contribution < -0.4 is 25.2 Å². The number of amides is 2. The highest BCUT2D eigenvalue weighted by Gasteiger charge is 2.40. The second-order valence-corrected chi connectivity index (χ2v) is 18.1. The van der Waals surface area contributed by atoms with Crippen LogP contribution in [0, 0.1) is 24.5 Å². The number of imide groups is 1. The van der Waals surface area contributed by atoms with Gasteiger partial charge in [-0.15, -0.1) is 0 Å². The molecule has 1 aromatic heterocycles. The molecular formula is C40H49F5N8O5S. The predicted octanol–water partition coefficient (Wildman–Crippen LogP) is 5.36. The number of sulfonamides is 1. The maximum atomic E-state index is 15.8. The van der Waals surface area contributed by atoms with Crippen molar-refractivity contribution in [3.8, 4) is 0 Å². The minimum absolute atomic E-state index is 0.0716. The average Bonchev–Trinajstić information content (AvgIpc) is 3.17. The largest absolute Gasteiger partial charge is 0.421 e. The lowest BCUT2D eigenvalue weighted by Crippen LogP contribution is -2.48. The van der Waals surface area contributed by atoms with E-state index < -0.39 is 67.6 Å². The zero-order valence-electron chi connectivity index (χ0n) is 32.9. The van der Waals surface area contributed by atoms with E-state index in [2.05, 4.69) is 35.1 Å². The van der Waals surface area contributed by atoms with Gasteiger partial charge in [-0.05, 0) is 89.0 Å². The Kier molecular flexibility index (Phi) is 12.2. The molecule has 0 radical (unpaired) electrons.